The molecule has 0 aromatic carbocycles. The first kappa shape index (κ1) is 8.38. The summed E-state index contributed by atoms with van der Waals surface area (Å²) >= 11 is 0. The standard InChI is InChI=1S/C10H13N2O/c1-12(2)9-6-4-3-5-8(9)7-11-10(12)13/h3-9H,1-2H3/q+1. The summed E-state index contributed by atoms with van der Waals surface area (Å²) in [5.41, 5.74) is 0. The predicted octanol–water partition coefficient (Wildman–Crippen LogP) is 1.38. The van der Waals surface area contributed by atoms with Gasteiger partial charge in [-0.1, -0.05) is 18.2 Å². The first-order valence-corrected chi connectivity index (χ1v) is 4.40. The summed E-state index contributed by atoms with van der Waals surface area (Å²) in [5, 5.41) is 0. The number of carbonyl (C=O) groups is 1. The van der Waals surface area contributed by atoms with Gasteiger partial charge in [-0.25, -0.2) is 9.28 Å². The Bertz CT molecular complexity index is 326. The Kier molecular flexibility index (Phi) is 1.70. The Morgan fingerprint density at radius 2 is 2.00 bits per heavy atom. The van der Waals surface area contributed by atoms with E-state index in [1.807, 2.05) is 26.2 Å². The summed E-state index contributed by atoms with van der Waals surface area (Å²) < 4.78 is 0.321. The van der Waals surface area contributed by atoms with Crippen molar-refractivity contribution in [2.24, 2.45) is 10.9 Å². The number of aliphatic imine (C=N–C) groups is 1. The fourth-order valence-electron chi connectivity index (χ4n) is 1.82. The van der Waals surface area contributed by atoms with Gasteiger partial charge >= 0.3 is 6.03 Å². The van der Waals surface area contributed by atoms with Gasteiger partial charge in [0.1, 0.15) is 6.04 Å². The van der Waals surface area contributed by atoms with Crippen LogP contribution in [0.4, 0.5) is 4.79 Å². The molecule has 1 heterocycles. The molecular formula is C10H13N2O+. The number of fused-ring (bicyclic) bond motifs is 1. The van der Waals surface area contributed by atoms with E-state index in [0.29, 0.717) is 4.48 Å². The lowest BCUT2D eigenvalue weighted by Crippen LogP contribution is -2.57. The van der Waals surface area contributed by atoms with E-state index < -0.39 is 0 Å². The van der Waals surface area contributed by atoms with Crippen LogP contribution in [0, 0.1) is 5.92 Å². The Balaban J connectivity index is 2.42. The number of urea groups is 1. The van der Waals surface area contributed by atoms with Gasteiger partial charge in [0.05, 0.1) is 20.0 Å². The molecule has 0 saturated carbocycles. The van der Waals surface area contributed by atoms with Gasteiger partial charge in [0.15, 0.2) is 0 Å². The van der Waals surface area contributed by atoms with Crippen LogP contribution < -0.4 is 0 Å². The number of amides is 2. The SMILES string of the molecule is C[N+]1(C)C(=O)N=CC2C=CC=CC21. The average molecular weight is 177 g/mol. The maximum atomic E-state index is 11.5. The largest absolute Gasteiger partial charge is 0.442 e. The zero-order valence-corrected chi connectivity index (χ0v) is 7.84. The predicted molar refractivity (Wildman–Crippen MR) is 51.6 cm³/mol. The van der Waals surface area contributed by atoms with E-state index in [9.17, 15) is 4.79 Å². The minimum absolute atomic E-state index is 0.0683. The van der Waals surface area contributed by atoms with E-state index in [-0.39, 0.29) is 18.0 Å². The van der Waals surface area contributed by atoms with Gasteiger partial charge in [-0.3, -0.25) is 0 Å². The molecule has 2 atom stereocenters. The molecule has 2 amide bonds. The number of rotatable bonds is 0. The summed E-state index contributed by atoms with van der Waals surface area (Å²) in [5.74, 6) is 0.276. The Hall–Kier alpha value is -1.22. The summed E-state index contributed by atoms with van der Waals surface area (Å²) in [4.78, 5) is 15.4. The van der Waals surface area contributed by atoms with Crippen LogP contribution in [0.15, 0.2) is 29.3 Å². The van der Waals surface area contributed by atoms with Crippen molar-refractivity contribution in [3.05, 3.63) is 24.3 Å². The Morgan fingerprint density at radius 1 is 1.31 bits per heavy atom. The second-order valence-electron chi connectivity index (χ2n) is 3.94. The molecule has 68 valence electrons. The second kappa shape index (κ2) is 2.64. The van der Waals surface area contributed by atoms with Crippen LogP contribution in [-0.2, 0) is 0 Å². The first-order valence-electron chi connectivity index (χ1n) is 4.40. The van der Waals surface area contributed by atoms with E-state index in [2.05, 4.69) is 17.1 Å². The number of likely N-dealkylation sites (N-methyl/N-ethyl adjacent to an activating group) is 1. The molecule has 13 heavy (non-hydrogen) atoms. The van der Waals surface area contributed by atoms with Crippen molar-refractivity contribution >= 4 is 12.2 Å². The first-order chi connectivity index (χ1) is 6.12. The minimum Gasteiger partial charge on any atom is -0.237 e. The highest BCUT2D eigenvalue weighted by atomic mass is 16.2. The van der Waals surface area contributed by atoms with Gasteiger partial charge in [0.2, 0.25) is 0 Å². The molecule has 1 aliphatic carbocycles. The van der Waals surface area contributed by atoms with Gasteiger partial charge in [-0.2, -0.15) is 4.99 Å². The van der Waals surface area contributed by atoms with Crippen LogP contribution in [0.25, 0.3) is 0 Å². The van der Waals surface area contributed by atoms with Gasteiger partial charge in [-0.05, 0) is 6.08 Å². The molecule has 1 aliphatic heterocycles. The summed E-state index contributed by atoms with van der Waals surface area (Å²) in [7, 11) is 3.81. The highest BCUT2D eigenvalue weighted by Gasteiger charge is 2.42. The molecule has 0 saturated heterocycles. The molecule has 2 rings (SSSR count). The third kappa shape index (κ3) is 1.16. The van der Waals surface area contributed by atoms with Gasteiger partial charge < -0.3 is 0 Å². The van der Waals surface area contributed by atoms with Crippen molar-refractivity contribution in [1.29, 1.82) is 0 Å². The number of allylic oxidation sites excluding steroid dienone is 2. The topological polar surface area (TPSA) is 29.4 Å². The van der Waals surface area contributed by atoms with E-state index in [0.717, 1.165) is 0 Å². The molecule has 0 fully saturated rings. The quantitative estimate of drug-likeness (QED) is 0.514. The maximum absolute atomic E-state index is 11.5. The molecule has 0 radical (unpaired) electrons. The fraction of sp³-hybridized carbons (Fsp3) is 0.400. The number of quaternary nitrogens is 1. The molecule has 2 unspecified atom stereocenters. The lowest BCUT2D eigenvalue weighted by molar-refractivity contribution is -0.830. The van der Waals surface area contributed by atoms with E-state index in [4.69, 9.17) is 0 Å². The molecular weight excluding hydrogens is 164 g/mol. The van der Waals surface area contributed by atoms with Crippen LogP contribution in [0.5, 0.6) is 0 Å². The monoisotopic (exact) mass is 177 g/mol. The van der Waals surface area contributed by atoms with Crippen molar-refractivity contribution in [2.45, 2.75) is 6.04 Å². The Morgan fingerprint density at radius 3 is 2.77 bits per heavy atom. The summed E-state index contributed by atoms with van der Waals surface area (Å²) in [6.07, 6.45) is 9.90. The number of nitrogens with zero attached hydrogens (tertiary/aromatic N) is 2. The molecule has 0 bridgehead atoms. The fourth-order valence-corrected chi connectivity index (χ4v) is 1.82. The lowest BCUT2D eigenvalue weighted by Gasteiger charge is -2.37. The second-order valence-corrected chi connectivity index (χ2v) is 3.94. The van der Waals surface area contributed by atoms with E-state index >= 15 is 0 Å². The zero-order chi connectivity index (χ0) is 9.47. The van der Waals surface area contributed by atoms with Crippen molar-refractivity contribution < 1.29 is 9.28 Å². The normalized spacial score (nSPS) is 34.8. The molecule has 3 nitrogen and oxygen atoms in total. The van der Waals surface area contributed by atoms with Crippen LogP contribution in [0.2, 0.25) is 0 Å². The number of carbonyl (C=O) groups excluding carboxylic acids is 1. The third-order valence-electron chi connectivity index (χ3n) is 2.74. The molecule has 3 heteroatoms. The minimum atomic E-state index is -0.0683. The van der Waals surface area contributed by atoms with Crippen molar-refractivity contribution in [3.8, 4) is 0 Å². The van der Waals surface area contributed by atoms with E-state index in [1.165, 1.54) is 0 Å². The summed E-state index contributed by atoms with van der Waals surface area (Å²) in [6, 6.07) is 0.149. The molecule has 2 aliphatic rings. The van der Waals surface area contributed by atoms with Crippen LogP contribution in [0.3, 0.4) is 0 Å². The van der Waals surface area contributed by atoms with Crippen molar-refractivity contribution in [3.63, 3.8) is 0 Å². The molecule has 0 aromatic rings. The van der Waals surface area contributed by atoms with Crippen LogP contribution in [-0.4, -0.2) is 36.9 Å². The van der Waals surface area contributed by atoms with Crippen molar-refractivity contribution in [1.82, 2.24) is 0 Å². The zero-order valence-electron chi connectivity index (χ0n) is 7.84. The molecule has 0 N–H and O–H groups in total. The van der Waals surface area contributed by atoms with Crippen LogP contribution in [0.1, 0.15) is 0 Å². The summed E-state index contributed by atoms with van der Waals surface area (Å²) in [6.45, 7) is 0. The number of hydrogen-bond acceptors (Lipinski definition) is 1. The van der Waals surface area contributed by atoms with Gasteiger partial charge in [0, 0.05) is 6.21 Å². The smallest absolute Gasteiger partial charge is 0.237 e. The lowest BCUT2D eigenvalue weighted by atomic mass is 9.92. The highest BCUT2D eigenvalue weighted by molar-refractivity contribution is 5.84. The van der Waals surface area contributed by atoms with E-state index in [1.54, 1.807) is 6.21 Å². The third-order valence-corrected chi connectivity index (χ3v) is 2.74. The van der Waals surface area contributed by atoms with Crippen LogP contribution >= 0.6 is 0 Å². The average Bonchev–Trinajstić information content (AvgIpc) is 2.13. The van der Waals surface area contributed by atoms with Gasteiger partial charge in [0.25, 0.3) is 0 Å². The van der Waals surface area contributed by atoms with Gasteiger partial charge in [-0.15, -0.1) is 0 Å². The number of hydrogen-bond donors (Lipinski definition) is 0. The highest BCUT2D eigenvalue weighted by Crippen LogP contribution is 2.25. The van der Waals surface area contributed by atoms with Crippen molar-refractivity contribution in [2.75, 3.05) is 14.1 Å². The molecule has 0 spiro atoms. The maximum Gasteiger partial charge on any atom is 0.442 e. The Labute approximate surface area is 77.7 Å². The molecule has 0 aromatic heterocycles.